The molecular formula is C17H17IN2O2. The third kappa shape index (κ3) is 1.88. The van der Waals surface area contributed by atoms with Gasteiger partial charge in [0.15, 0.2) is 3.77 Å². The molecule has 6 rings (SSSR count). The maximum absolute atomic E-state index is 6.39. The Morgan fingerprint density at radius 2 is 2.18 bits per heavy atom. The quantitative estimate of drug-likeness (QED) is 0.682. The first-order valence-corrected chi connectivity index (χ1v) is 8.95. The second-order valence-corrected chi connectivity index (χ2v) is 7.67. The lowest BCUT2D eigenvalue weighted by atomic mass is 9.73. The van der Waals surface area contributed by atoms with Crippen molar-refractivity contribution >= 4 is 22.6 Å². The Hall–Kier alpha value is -1.08. The van der Waals surface area contributed by atoms with Gasteiger partial charge in [0, 0.05) is 64.4 Å². The molecule has 1 atom stereocenters. The van der Waals surface area contributed by atoms with Crippen LogP contribution in [0.2, 0.25) is 0 Å². The van der Waals surface area contributed by atoms with E-state index in [1.807, 2.05) is 12.3 Å². The number of nitrogens with zero attached hydrogens (tertiary/aromatic N) is 2. The Kier molecular flexibility index (Phi) is 2.86. The molecule has 6 heterocycles. The lowest BCUT2D eigenvalue weighted by Gasteiger charge is -2.50. The second kappa shape index (κ2) is 4.71. The largest absolute Gasteiger partial charge is 0.469 e. The molecule has 2 aromatic rings. The first kappa shape index (κ1) is 13.4. The molecule has 114 valence electrons. The van der Waals surface area contributed by atoms with Gasteiger partial charge in [-0.05, 0) is 38.1 Å². The van der Waals surface area contributed by atoms with Gasteiger partial charge in [-0.2, -0.15) is 0 Å². The average Bonchev–Trinajstić information content (AvgIpc) is 3.10. The van der Waals surface area contributed by atoms with Gasteiger partial charge in [0.1, 0.15) is 5.60 Å². The Bertz CT molecular complexity index is 736. The van der Waals surface area contributed by atoms with Crippen LogP contribution < -0.4 is 4.74 Å². The fourth-order valence-corrected chi connectivity index (χ4v) is 4.99. The maximum Gasteiger partial charge on any atom is 0.217 e. The molecule has 3 saturated heterocycles. The molecular weight excluding hydrogens is 389 g/mol. The summed E-state index contributed by atoms with van der Waals surface area (Å²) in [6, 6.07) is 4.24. The summed E-state index contributed by atoms with van der Waals surface area (Å²) in [5.41, 5.74) is 3.47. The van der Waals surface area contributed by atoms with E-state index in [1.165, 1.54) is 31.5 Å². The number of rotatable bonds is 1. The van der Waals surface area contributed by atoms with Gasteiger partial charge >= 0.3 is 0 Å². The number of pyridine rings is 1. The van der Waals surface area contributed by atoms with Gasteiger partial charge in [-0.1, -0.05) is 0 Å². The van der Waals surface area contributed by atoms with E-state index in [9.17, 15) is 0 Å². The topological polar surface area (TPSA) is 38.5 Å². The van der Waals surface area contributed by atoms with Crippen molar-refractivity contribution in [1.82, 2.24) is 9.88 Å². The van der Waals surface area contributed by atoms with E-state index in [0.717, 1.165) is 33.7 Å². The number of piperidine rings is 3. The molecule has 1 unspecified atom stereocenters. The molecule has 0 aliphatic carbocycles. The average molecular weight is 406 g/mol. The normalized spacial score (nSPS) is 32.2. The molecule has 0 N–H and O–H groups in total. The lowest BCUT2D eigenvalue weighted by molar-refractivity contribution is -0.0814. The number of ether oxygens (including phenoxy) is 1. The third-order valence-electron chi connectivity index (χ3n) is 5.47. The van der Waals surface area contributed by atoms with Gasteiger partial charge in [-0.25, -0.2) is 4.98 Å². The predicted octanol–water partition coefficient (Wildman–Crippen LogP) is 3.35. The molecule has 1 spiro atoms. The number of hydrogen-bond acceptors (Lipinski definition) is 4. The van der Waals surface area contributed by atoms with Crippen LogP contribution in [0.5, 0.6) is 5.88 Å². The summed E-state index contributed by atoms with van der Waals surface area (Å²) in [6.45, 7) is 3.53. The van der Waals surface area contributed by atoms with Gasteiger partial charge in [-0.15, -0.1) is 0 Å². The van der Waals surface area contributed by atoms with E-state index >= 15 is 0 Å². The summed E-state index contributed by atoms with van der Waals surface area (Å²) in [4.78, 5) is 7.15. The predicted molar refractivity (Wildman–Crippen MR) is 90.9 cm³/mol. The number of hydrogen-bond donors (Lipinski definition) is 0. The molecule has 0 aromatic carbocycles. The number of fused-ring (bicyclic) bond motifs is 3. The van der Waals surface area contributed by atoms with Crippen LogP contribution in [0.4, 0.5) is 0 Å². The first-order valence-electron chi connectivity index (χ1n) is 7.87. The van der Waals surface area contributed by atoms with Crippen molar-refractivity contribution in [3.05, 3.63) is 33.9 Å². The Balaban J connectivity index is 1.51. The van der Waals surface area contributed by atoms with Crippen LogP contribution in [0.1, 0.15) is 18.4 Å². The van der Waals surface area contributed by atoms with E-state index in [-0.39, 0.29) is 5.60 Å². The van der Waals surface area contributed by atoms with E-state index in [1.54, 1.807) is 6.26 Å². The van der Waals surface area contributed by atoms with Crippen molar-refractivity contribution < 1.29 is 9.15 Å². The molecule has 4 aliphatic rings. The standard InChI is InChI=1S/C17H17IN2O2/c18-15-14(3-6-21-15)12-7-11-8-17(22-16(11)19-9-12)10-20-4-1-13(17)2-5-20/h3,6-7,9,13H,1-2,4-5,8,10H2/i18-2. The SMILES string of the molecule is [125I]c1occc1-c1cnc2c(c1)CC1(CN3CCC1CC3)O2. The molecule has 2 aromatic heterocycles. The van der Waals surface area contributed by atoms with Crippen LogP contribution in [0.25, 0.3) is 11.1 Å². The summed E-state index contributed by atoms with van der Waals surface area (Å²) >= 11 is 2.23. The fourth-order valence-electron chi connectivity index (χ4n) is 4.36. The number of halogens is 1. The van der Waals surface area contributed by atoms with Crippen LogP contribution in [-0.4, -0.2) is 35.1 Å². The first-order chi connectivity index (χ1) is 10.7. The lowest BCUT2D eigenvalue weighted by Crippen LogP contribution is -2.61. The monoisotopic (exact) mass is 406 g/mol. The molecule has 0 radical (unpaired) electrons. The van der Waals surface area contributed by atoms with Gasteiger partial charge < -0.3 is 9.15 Å². The molecule has 0 saturated carbocycles. The third-order valence-corrected chi connectivity index (χ3v) is 6.30. The van der Waals surface area contributed by atoms with Gasteiger partial charge in [0.2, 0.25) is 5.88 Å². The minimum atomic E-state index is -0.0198. The van der Waals surface area contributed by atoms with Crippen LogP contribution in [0.15, 0.2) is 29.0 Å². The minimum Gasteiger partial charge on any atom is -0.469 e. The molecule has 4 aliphatic heterocycles. The van der Waals surface area contributed by atoms with Gasteiger partial charge in [-0.3, -0.25) is 4.90 Å². The summed E-state index contributed by atoms with van der Waals surface area (Å²) in [5, 5.41) is 0. The second-order valence-electron chi connectivity index (χ2n) is 6.69. The minimum absolute atomic E-state index is 0.0198. The summed E-state index contributed by atoms with van der Waals surface area (Å²) < 4.78 is 12.7. The van der Waals surface area contributed by atoms with E-state index in [2.05, 4.69) is 38.5 Å². The zero-order valence-electron chi connectivity index (χ0n) is 12.2. The number of furan rings is 1. The van der Waals surface area contributed by atoms with Gasteiger partial charge in [0.25, 0.3) is 0 Å². The Morgan fingerprint density at radius 1 is 1.32 bits per heavy atom. The molecule has 0 amide bonds. The van der Waals surface area contributed by atoms with Crippen molar-refractivity contribution in [2.45, 2.75) is 24.9 Å². The van der Waals surface area contributed by atoms with Crippen molar-refractivity contribution in [1.29, 1.82) is 0 Å². The molecule has 3 fully saturated rings. The van der Waals surface area contributed by atoms with Crippen LogP contribution in [-0.2, 0) is 6.42 Å². The Morgan fingerprint density at radius 3 is 2.86 bits per heavy atom. The zero-order valence-corrected chi connectivity index (χ0v) is 14.4. The van der Waals surface area contributed by atoms with Crippen LogP contribution in [0, 0.1) is 9.68 Å². The van der Waals surface area contributed by atoms with Crippen molar-refractivity contribution in [2.75, 3.05) is 19.6 Å². The van der Waals surface area contributed by atoms with Gasteiger partial charge in [0.05, 0.1) is 6.26 Å². The molecule has 5 heteroatoms. The summed E-state index contributed by atoms with van der Waals surface area (Å²) in [6.07, 6.45) is 7.17. The van der Waals surface area contributed by atoms with Crippen molar-refractivity contribution in [3.8, 4) is 17.0 Å². The summed E-state index contributed by atoms with van der Waals surface area (Å²) in [7, 11) is 0. The smallest absolute Gasteiger partial charge is 0.217 e. The molecule has 4 nitrogen and oxygen atoms in total. The highest BCUT2D eigenvalue weighted by atomic mass is 125. The highest BCUT2D eigenvalue weighted by Crippen LogP contribution is 2.46. The highest BCUT2D eigenvalue weighted by molar-refractivity contribution is 14.1. The summed E-state index contributed by atoms with van der Waals surface area (Å²) in [5.74, 6) is 1.53. The van der Waals surface area contributed by atoms with E-state index in [0.29, 0.717) is 5.92 Å². The van der Waals surface area contributed by atoms with Crippen LogP contribution >= 0.6 is 22.6 Å². The fraction of sp³-hybridized carbons (Fsp3) is 0.471. The number of aromatic nitrogens is 1. The van der Waals surface area contributed by atoms with Crippen molar-refractivity contribution in [2.24, 2.45) is 5.92 Å². The van der Waals surface area contributed by atoms with Crippen molar-refractivity contribution in [3.63, 3.8) is 0 Å². The Labute approximate surface area is 143 Å². The van der Waals surface area contributed by atoms with E-state index in [4.69, 9.17) is 9.15 Å². The highest BCUT2D eigenvalue weighted by Gasteiger charge is 2.52. The molecule has 2 bridgehead atoms. The zero-order chi connectivity index (χ0) is 14.7. The van der Waals surface area contributed by atoms with Crippen LogP contribution in [0.3, 0.4) is 0 Å². The molecule has 22 heavy (non-hydrogen) atoms. The van der Waals surface area contributed by atoms with E-state index < -0.39 is 0 Å². The maximum atomic E-state index is 6.39.